The van der Waals surface area contributed by atoms with Crippen LogP contribution in [0.25, 0.3) is 0 Å². The molecule has 146 valence electrons. The molecular formula is C21H35N3O2. The van der Waals surface area contributed by atoms with E-state index >= 15 is 0 Å². The molecule has 1 fully saturated rings. The Morgan fingerprint density at radius 2 is 1.85 bits per heavy atom. The van der Waals surface area contributed by atoms with Crippen molar-refractivity contribution in [3.8, 4) is 5.75 Å². The number of carbonyl (C=O) groups excluding carboxylic acids is 1. The van der Waals surface area contributed by atoms with Crippen LogP contribution in [0.15, 0.2) is 24.3 Å². The van der Waals surface area contributed by atoms with Crippen LogP contribution in [0.3, 0.4) is 0 Å². The molecule has 1 aromatic rings. The summed E-state index contributed by atoms with van der Waals surface area (Å²) in [5.74, 6) is 1.16. The number of rotatable bonds is 9. The van der Waals surface area contributed by atoms with Crippen LogP contribution in [0.4, 0.5) is 0 Å². The first kappa shape index (κ1) is 20.7. The zero-order valence-electron chi connectivity index (χ0n) is 16.8. The smallest absolute Gasteiger partial charge is 0.260 e. The molecule has 1 aliphatic rings. The van der Waals surface area contributed by atoms with Crippen LogP contribution < -0.4 is 10.1 Å². The number of ether oxygens (including phenoxy) is 1. The number of hydrogen-bond donors (Lipinski definition) is 1. The van der Waals surface area contributed by atoms with Crippen LogP contribution in [-0.2, 0) is 4.79 Å². The average Bonchev–Trinajstić information content (AvgIpc) is 2.65. The summed E-state index contributed by atoms with van der Waals surface area (Å²) in [5.41, 5.74) is 1.22. The van der Waals surface area contributed by atoms with Gasteiger partial charge in [-0.2, -0.15) is 0 Å². The molecule has 0 spiro atoms. The van der Waals surface area contributed by atoms with Crippen LogP contribution in [-0.4, -0.2) is 67.6 Å². The number of nitrogens with one attached hydrogen (secondary N) is 1. The minimum atomic E-state index is -0.481. The minimum Gasteiger partial charge on any atom is -0.481 e. The van der Waals surface area contributed by atoms with Crippen LogP contribution in [0.2, 0.25) is 0 Å². The average molecular weight is 362 g/mol. The van der Waals surface area contributed by atoms with Crippen molar-refractivity contribution in [2.75, 3.05) is 45.8 Å². The molecule has 1 amide bonds. The fraction of sp³-hybridized carbons (Fsp3) is 0.667. The van der Waals surface area contributed by atoms with Gasteiger partial charge in [-0.25, -0.2) is 0 Å². The number of likely N-dealkylation sites (N-methyl/N-ethyl adjacent to an activating group) is 1. The maximum atomic E-state index is 12.2. The summed E-state index contributed by atoms with van der Waals surface area (Å²) in [5, 5.41) is 3.00. The Balaban J connectivity index is 1.65. The monoisotopic (exact) mass is 361 g/mol. The third-order valence-electron chi connectivity index (χ3n) is 5.07. The summed E-state index contributed by atoms with van der Waals surface area (Å²) < 4.78 is 5.81. The summed E-state index contributed by atoms with van der Waals surface area (Å²) in [6.45, 7) is 15.8. The first-order chi connectivity index (χ1) is 12.5. The van der Waals surface area contributed by atoms with Crippen molar-refractivity contribution >= 4 is 5.91 Å². The number of hydrogen-bond acceptors (Lipinski definition) is 4. The predicted molar refractivity (Wildman–Crippen MR) is 107 cm³/mol. The zero-order chi connectivity index (χ0) is 18.9. The van der Waals surface area contributed by atoms with E-state index in [1.54, 1.807) is 6.92 Å². The second-order valence-corrected chi connectivity index (χ2v) is 7.41. The molecule has 0 bridgehead atoms. The minimum absolute atomic E-state index is 0.0456. The molecule has 2 rings (SSSR count). The molecule has 1 saturated heterocycles. The molecule has 1 N–H and O–H groups in total. The number of amides is 1. The van der Waals surface area contributed by atoms with E-state index < -0.39 is 6.10 Å². The number of benzene rings is 1. The number of nitrogens with zero attached hydrogens (tertiary/aromatic N) is 2. The van der Waals surface area contributed by atoms with Gasteiger partial charge in [-0.05, 0) is 50.0 Å². The number of carbonyl (C=O) groups is 1. The highest BCUT2D eigenvalue weighted by molar-refractivity contribution is 5.80. The van der Waals surface area contributed by atoms with Crippen molar-refractivity contribution in [2.24, 2.45) is 0 Å². The van der Waals surface area contributed by atoms with E-state index in [4.69, 9.17) is 4.74 Å². The fourth-order valence-electron chi connectivity index (χ4n) is 3.19. The van der Waals surface area contributed by atoms with E-state index in [2.05, 4.69) is 42.0 Å². The molecular weight excluding hydrogens is 326 g/mol. The van der Waals surface area contributed by atoms with Gasteiger partial charge in [0.2, 0.25) is 0 Å². The van der Waals surface area contributed by atoms with Crippen molar-refractivity contribution < 1.29 is 9.53 Å². The molecule has 1 atom stereocenters. The third kappa shape index (κ3) is 6.61. The Morgan fingerprint density at radius 3 is 2.50 bits per heavy atom. The third-order valence-corrected chi connectivity index (χ3v) is 5.07. The molecule has 1 aliphatic heterocycles. The highest BCUT2D eigenvalue weighted by Crippen LogP contribution is 2.20. The molecule has 5 heteroatoms. The first-order valence-corrected chi connectivity index (χ1v) is 9.98. The molecule has 0 aliphatic carbocycles. The Hall–Kier alpha value is -1.59. The first-order valence-electron chi connectivity index (χ1n) is 9.98. The highest BCUT2D eigenvalue weighted by atomic mass is 16.5. The van der Waals surface area contributed by atoms with Gasteiger partial charge in [-0.15, -0.1) is 0 Å². The van der Waals surface area contributed by atoms with E-state index in [0.717, 1.165) is 51.4 Å². The summed E-state index contributed by atoms with van der Waals surface area (Å²) in [6, 6.07) is 7.99. The lowest BCUT2D eigenvalue weighted by molar-refractivity contribution is -0.127. The van der Waals surface area contributed by atoms with Gasteiger partial charge in [-0.1, -0.05) is 32.9 Å². The van der Waals surface area contributed by atoms with Crippen molar-refractivity contribution in [3.63, 3.8) is 0 Å². The zero-order valence-corrected chi connectivity index (χ0v) is 16.8. The summed E-state index contributed by atoms with van der Waals surface area (Å²) in [4.78, 5) is 17.2. The van der Waals surface area contributed by atoms with Gasteiger partial charge in [0, 0.05) is 32.7 Å². The van der Waals surface area contributed by atoms with Gasteiger partial charge in [0.15, 0.2) is 6.10 Å². The van der Waals surface area contributed by atoms with E-state index in [-0.39, 0.29) is 5.91 Å². The lowest BCUT2D eigenvalue weighted by Gasteiger charge is -2.34. The van der Waals surface area contributed by atoms with Crippen LogP contribution in [0.5, 0.6) is 5.75 Å². The molecule has 1 aromatic carbocycles. The van der Waals surface area contributed by atoms with Crippen molar-refractivity contribution in [2.45, 2.75) is 46.1 Å². The quantitative estimate of drug-likeness (QED) is 0.687. The summed E-state index contributed by atoms with van der Waals surface area (Å²) >= 11 is 0. The Labute approximate surface area is 158 Å². The fourth-order valence-corrected chi connectivity index (χ4v) is 3.19. The maximum absolute atomic E-state index is 12.2. The molecule has 1 unspecified atom stereocenters. The predicted octanol–water partition coefficient (Wildman–Crippen LogP) is 2.72. The van der Waals surface area contributed by atoms with Crippen molar-refractivity contribution in [1.29, 1.82) is 0 Å². The number of piperazine rings is 1. The van der Waals surface area contributed by atoms with Crippen molar-refractivity contribution in [1.82, 2.24) is 15.1 Å². The molecule has 26 heavy (non-hydrogen) atoms. The van der Waals surface area contributed by atoms with E-state index in [0.29, 0.717) is 12.5 Å². The molecule has 0 saturated carbocycles. The molecule has 5 nitrogen and oxygen atoms in total. The van der Waals surface area contributed by atoms with Crippen LogP contribution in [0, 0.1) is 0 Å². The second-order valence-electron chi connectivity index (χ2n) is 7.41. The molecule has 0 aromatic heterocycles. The van der Waals surface area contributed by atoms with Gasteiger partial charge >= 0.3 is 0 Å². The lowest BCUT2D eigenvalue weighted by atomic mass is 10.0. The Morgan fingerprint density at radius 1 is 1.15 bits per heavy atom. The highest BCUT2D eigenvalue weighted by Gasteiger charge is 2.16. The molecule has 0 radical (unpaired) electrons. The van der Waals surface area contributed by atoms with E-state index in [1.165, 1.54) is 5.56 Å². The standard InChI is InChI=1S/C21H35N3O2/c1-5-23-12-14-24(15-13-23)11-7-10-22-21(25)18(4)26-20-9-6-8-19(16-20)17(2)3/h6,8-9,16-18H,5,7,10-15H2,1-4H3,(H,22,25). The normalized spacial score (nSPS) is 17.3. The lowest BCUT2D eigenvalue weighted by Crippen LogP contribution is -2.46. The Kier molecular flexibility index (Phi) is 8.39. The van der Waals surface area contributed by atoms with Gasteiger partial charge in [0.25, 0.3) is 5.91 Å². The van der Waals surface area contributed by atoms with E-state index in [1.807, 2.05) is 18.2 Å². The topological polar surface area (TPSA) is 44.8 Å². The van der Waals surface area contributed by atoms with Gasteiger partial charge < -0.3 is 19.9 Å². The van der Waals surface area contributed by atoms with E-state index in [9.17, 15) is 4.79 Å². The largest absolute Gasteiger partial charge is 0.481 e. The van der Waals surface area contributed by atoms with Crippen LogP contribution in [0.1, 0.15) is 45.6 Å². The molecule has 1 heterocycles. The summed E-state index contributed by atoms with van der Waals surface area (Å²) in [7, 11) is 0. The SMILES string of the molecule is CCN1CCN(CCCNC(=O)C(C)Oc2cccc(C(C)C)c2)CC1. The van der Waals surface area contributed by atoms with Crippen LogP contribution >= 0.6 is 0 Å². The second kappa shape index (κ2) is 10.5. The Bertz CT molecular complexity index is 554. The van der Waals surface area contributed by atoms with Crippen molar-refractivity contribution in [3.05, 3.63) is 29.8 Å². The van der Waals surface area contributed by atoms with Gasteiger partial charge in [0.1, 0.15) is 5.75 Å². The summed E-state index contributed by atoms with van der Waals surface area (Å²) in [6.07, 6.45) is 0.499. The van der Waals surface area contributed by atoms with Gasteiger partial charge in [0.05, 0.1) is 0 Å². The maximum Gasteiger partial charge on any atom is 0.260 e. The van der Waals surface area contributed by atoms with Gasteiger partial charge in [-0.3, -0.25) is 4.79 Å².